The summed E-state index contributed by atoms with van der Waals surface area (Å²) in [6.45, 7) is 0. The third-order valence-electron chi connectivity index (χ3n) is 14.6. The zero-order chi connectivity index (χ0) is 48.4. The van der Waals surface area contributed by atoms with Crippen molar-refractivity contribution >= 4 is 118 Å². The number of hydrogen-bond acceptors (Lipinski definition) is 7. The summed E-state index contributed by atoms with van der Waals surface area (Å²) in [5, 5.41) is 10.1. The Kier molecular flexibility index (Phi) is 8.94. The Morgan fingerprint density at radius 2 is 0.824 bits per heavy atom. The lowest BCUT2D eigenvalue weighted by atomic mass is 9.87. The second kappa shape index (κ2) is 16.0. The van der Waals surface area contributed by atoms with Gasteiger partial charge in [0.1, 0.15) is 5.82 Å². The summed E-state index contributed by atoms with van der Waals surface area (Å²) < 4.78 is 9.58. The lowest BCUT2D eigenvalue weighted by molar-refractivity contribution is 0.953. The van der Waals surface area contributed by atoms with E-state index in [1.807, 2.05) is 12.3 Å². The van der Waals surface area contributed by atoms with E-state index in [4.69, 9.17) is 24.9 Å². The maximum Gasteiger partial charge on any atom is 0.238 e. The van der Waals surface area contributed by atoms with Gasteiger partial charge in [0.15, 0.2) is 17.3 Å². The fourth-order valence-corrected chi connectivity index (χ4v) is 13.6. The maximum absolute atomic E-state index is 5.64. The van der Waals surface area contributed by atoms with Crippen molar-refractivity contribution < 1.29 is 0 Å². The summed E-state index contributed by atoms with van der Waals surface area (Å²) in [5.74, 6) is 2.45. The van der Waals surface area contributed by atoms with Crippen molar-refractivity contribution in [2.24, 2.45) is 0 Å². The van der Waals surface area contributed by atoms with Crippen molar-refractivity contribution in [2.75, 3.05) is 0 Å². The number of benzene rings is 9. The molecule has 0 amide bonds. The molecule has 74 heavy (non-hydrogen) atoms. The van der Waals surface area contributed by atoms with Crippen molar-refractivity contribution in [1.82, 2.24) is 34.1 Å². The molecule has 16 aromatic rings. The molecule has 7 nitrogen and oxygen atoms in total. The van der Waals surface area contributed by atoms with Crippen LogP contribution in [0.25, 0.3) is 152 Å². The molecule has 0 aliphatic carbocycles. The average molecular weight is 980 g/mol. The fraction of sp³-hybridized carbons (Fsp3) is 0. The van der Waals surface area contributed by atoms with Gasteiger partial charge >= 0.3 is 0 Å². The third-order valence-corrected chi connectivity index (χ3v) is 16.9. The number of fused-ring (bicyclic) bond motifs is 14. The minimum atomic E-state index is 0.513. The third kappa shape index (κ3) is 6.14. The van der Waals surface area contributed by atoms with Crippen molar-refractivity contribution in [3.63, 3.8) is 0 Å². The highest BCUT2D eigenvalue weighted by atomic mass is 32.1. The van der Waals surface area contributed by atoms with Crippen LogP contribution in [0.3, 0.4) is 0 Å². The van der Waals surface area contributed by atoms with Crippen LogP contribution >= 0.6 is 22.7 Å². The van der Waals surface area contributed by atoms with Gasteiger partial charge < -0.3 is 0 Å². The van der Waals surface area contributed by atoms with Crippen LogP contribution in [0, 0.1) is 0 Å². The van der Waals surface area contributed by atoms with E-state index in [1.165, 1.54) is 40.3 Å². The van der Waals surface area contributed by atoms with Gasteiger partial charge in [0.2, 0.25) is 5.95 Å². The molecule has 0 saturated heterocycles. The number of nitrogens with zero attached hydrogens (tertiary/aromatic N) is 7. The van der Waals surface area contributed by atoms with E-state index in [9.17, 15) is 0 Å². The molecule has 0 radical (unpaired) electrons. The van der Waals surface area contributed by atoms with E-state index >= 15 is 0 Å². The molecular formula is C65H37N7S2. The average Bonchev–Trinajstić information content (AvgIpc) is 4.34. The first kappa shape index (κ1) is 41.2. The number of rotatable bonds is 6. The maximum atomic E-state index is 5.64. The Morgan fingerprint density at radius 3 is 1.41 bits per heavy atom. The Labute approximate surface area is 430 Å². The van der Waals surface area contributed by atoms with E-state index in [2.05, 4.69) is 221 Å². The molecule has 0 saturated carbocycles. The molecule has 0 N–H and O–H groups in total. The SMILES string of the molecule is c1ccc(-c2c(-c3ccccc3)c3c4ccccc4n(-c4nc(-c5ccc6sc7ccccc7c6c5)nc(-c5ccc6sc7ccccc7c6c5)n4)c3c3c2c2ccccc2n3-c2ccc3cccnc3n2)cc1. The van der Waals surface area contributed by atoms with Crippen LogP contribution in [0.1, 0.15) is 0 Å². The number of thiophene rings is 2. The Bertz CT molecular complexity index is 4840. The molecule has 0 fully saturated rings. The van der Waals surface area contributed by atoms with Crippen molar-refractivity contribution in [3.05, 3.63) is 225 Å². The lowest BCUT2D eigenvalue weighted by Crippen LogP contribution is -2.08. The molecule has 0 spiro atoms. The summed E-state index contributed by atoms with van der Waals surface area (Å²) >= 11 is 3.61. The molecular weight excluding hydrogens is 943 g/mol. The summed E-state index contributed by atoms with van der Waals surface area (Å²) in [4.78, 5) is 26.9. The van der Waals surface area contributed by atoms with Gasteiger partial charge in [-0.15, -0.1) is 22.7 Å². The van der Waals surface area contributed by atoms with Gasteiger partial charge in [-0.3, -0.25) is 9.13 Å². The van der Waals surface area contributed by atoms with Crippen LogP contribution in [-0.4, -0.2) is 34.1 Å². The molecule has 344 valence electrons. The molecule has 0 atom stereocenters. The Balaban J connectivity index is 1.10. The second-order valence-corrected chi connectivity index (χ2v) is 20.9. The molecule has 16 rings (SSSR count). The minimum Gasteiger partial charge on any atom is -0.292 e. The topological polar surface area (TPSA) is 74.3 Å². The first-order chi connectivity index (χ1) is 36.7. The van der Waals surface area contributed by atoms with E-state index < -0.39 is 0 Å². The Hall–Kier alpha value is -9.41. The number of hydrogen-bond donors (Lipinski definition) is 0. The van der Waals surface area contributed by atoms with Gasteiger partial charge in [-0.2, -0.15) is 9.97 Å². The minimum absolute atomic E-state index is 0.513. The summed E-state index contributed by atoms with van der Waals surface area (Å²) in [7, 11) is 0. The molecule has 7 heterocycles. The van der Waals surface area contributed by atoms with Gasteiger partial charge in [-0.1, -0.05) is 133 Å². The monoisotopic (exact) mass is 979 g/mol. The molecule has 0 unspecified atom stereocenters. The highest BCUT2D eigenvalue weighted by molar-refractivity contribution is 7.26. The van der Waals surface area contributed by atoms with Crippen LogP contribution in [0.2, 0.25) is 0 Å². The lowest BCUT2D eigenvalue weighted by Gasteiger charge is -2.18. The highest BCUT2D eigenvalue weighted by Crippen LogP contribution is 2.52. The highest BCUT2D eigenvalue weighted by Gasteiger charge is 2.30. The zero-order valence-electron chi connectivity index (χ0n) is 39.3. The van der Waals surface area contributed by atoms with E-state index in [0.717, 1.165) is 88.2 Å². The summed E-state index contributed by atoms with van der Waals surface area (Å²) in [6, 6.07) is 77.9. The summed E-state index contributed by atoms with van der Waals surface area (Å²) in [5.41, 5.74) is 10.9. The van der Waals surface area contributed by atoms with Gasteiger partial charge in [-0.05, 0) is 96.1 Å². The van der Waals surface area contributed by atoms with Gasteiger partial charge in [0, 0.05) is 95.7 Å². The largest absolute Gasteiger partial charge is 0.292 e. The van der Waals surface area contributed by atoms with Crippen LogP contribution in [0.5, 0.6) is 0 Å². The van der Waals surface area contributed by atoms with Gasteiger partial charge in [-0.25, -0.2) is 15.0 Å². The fourth-order valence-electron chi connectivity index (χ4n) is 11.4. The van der Waals surface area contributed by atoms with E-state index in [0.29, 0.717) is 23.2 Å². The molecule has 9 heteroatoms. The summed E-state index contributed by atoms with van der Waals surface area (Å²) in [6.07, 6.45) is 1.81. The molecule has 9 aromatic carbocycles. The van der Waals surface area contributed by atoms with Crippen LogP contribution < -0.4 is 0 Å². The number of pyridine rings is 2. The van der Waals surface area contributed by atoms with E-state index in [-0.39, 0.29) is 0 Å². The predicted molar refractivity (Wildman–Crippen MR) is 309 cm³/mol. The van der Waals surface area contributed by atoms with Gasteiger partial charge in [0.25, 0.3) is 0 Å². The van der Waals surface area contributed by atoms with Crippen LogP contribution in [0.4, 0.5) is 0 Å². The zero-order valence-corrected chi connectivity index (χ0v) is 40.9. The standard InChI is InChI=1S/C65H37N7S2/c1-3-16-38(17-4-1)56-57(39-18-5-2-6-19-39)59-46-24-8-12-26-50(46)72(61(59)60-58(56)45-23-7-11-25-49(45)71(60)55-34-31-40-20-15-35-66-62(40)67-55)65-69-63(41-29-32-53-47(36-41)43-21-9-13-27-51(43)73-53)68-64(70-65)42-30-33-54-48(37-42)44-22-10-14-28-52(44)74-54/h1-37H. The Morgan fingerprint density at radius 1 is 0.338 bits per heavy atom. The van der Waals surface area contributed by atoms with Crippen molar-refractivity contribution in [3.8, 4) is 56.8 Å². The first-order valence-electron chi connectivity index (χ1n) is 24.7. The van der Waals surface area contributed by atoms with E-state index in [1.54, 1.807) is 22.7 Å². The molecule has 0 aliphatic heterocycles. The van der Waals surface area contributed by atoms with Crippen molar-refractivity contribution in [2.45, 2.75) is 0 Å². The normalized spacial score (nSPS) is 12.1. The smallest absolute Gasteiger partial charge is 0.238 e. The van der Waals surface area contributed by atoms with Crippen molar-refractivity contribution in [1.29, 1.82) is 0 Å². The van der Waals surface area contributed by atoms with Crippen LogP contribution in [0.15, 0.2) is 225 Å². The quantitative estimate of drug-likeness (QED) is 0.166. The number of aromatic nitrogens is 7. The number of para-hydroxylation sites is 2. The predicted octanol–water partition coefficient (Wildman–Crippen LogP) is 17.4. The first-order valence-corrected chi connectivity index (χ1v) is 26.3. The second-order valence-electron chi connectivity index (χ2n) is 18.8. The molecule has 7 aromatic heterocycles. The molecule has 0 aliphatic rings. The van der Waals surface area contributed by atoms with Crippen LogP contribution in [-0.2, 0) is 0 Å². The van der Waals surface area contributed by atoms with Gasteiger partial charge in [0.05, 0.1) is 22.1 Å². The molecule has 0 bridgehead atoms.